The Hall–Kier alpha value is -1.88. The lowest BCUT2D eigenvalue weighted by atomic mass is 9.96. The molecule has 5 nitrogen and oxygen atoms in total. The largest absolute Gasteiger partial charge is 0.393 e. The molecule has 1 rings (SSSR count). The SMILES string of the molecule is CCCCNC(=O)[C@H](C[C@@H](O)CCc1ccccc1)C(N)=O. The van der Waals surface area contributed by atoms with Crippen LogP contribution in [0.1, 0.15) is 38.2 Å². The van der Waals surface area contributed by atoms with Crippen LogP contribution in [0, 0.1) is 5.92 Å². The van der Waals surface area contributed by atoms with Gasteiger partial charge in [0.2, 0.25) is 11.8 Å². The van der Waals surface area contributed by atoms with Crippen molar-refractivity contribution < 1.29 is 14.7 Å². The van der Waals surface area contributed by atoms with Crippen molar-refractivity contribution in [2.45, 2.75) is 45.1 Å². The molecule has 122 valence electrons. The molecule has 0 fully saturated rings. The molecule has 5 heteroatoms. The number of hydrogen-bond donors (Lipinski definition) is 3. The highest BCUT2D eigenvalue weighted by molar-refractivity contribution is 5.99. The van der Waals surface area contributed by atoms with Crippen LogP contribution in [0.15, 0.2) is 30.3 Å². The summed E-state index contributed by atoms with van der Waals surface area (Å²) in [5.41, 5.74) is 6.40. The highest BCUT2D eigenvalue weighted by Crippen LogP contribution is 2.13. The molecular weight excluding hydrogens is 280 g/mol. The van der Waals surface area contributed by atoms with Crippen LogP contribution in [-0.4, -0.2) is 29.6 Å². The molecule has 22 heavy (non-hydrogen) atoms. The van der Waals surface area contributed by atoms with Crippen molar-refractivity contribution >= 4 is 11.8 Å². The van der Waals surface area contributed by atoms with E-state index >= 15 is 0 Å². The van der Waals surface area contributed by atoms with Gasteiger partial charge in [0, 0.05) is 6.54 Å². The summed E-state index contributed by atoms with van der Waals surface area (Å²) in [6.45, 7) is 2.55. The lowest BCUT2D eigenvalue weighted by Crippen LogP contribution is -2.41. The molecule has 0 unspecified atom stereocenters. The third-order valence-electron chi connectivity index (χ3n) is 3.61. The molecule has 0 heterocycles. The van der Waals surface area contributed by atoms with Crippen molar-refractivity contribution in [1.82, 2.24) is 5.32 Å². The second-order valence-electron chi connectivity index (χ2n) is 5.51. The fourth-order valence-corrected chi connectivity index (χ4v) is 2.23. The molecular formula is C17H26N2O3. The van der Waals surface area contributed by atoms with E-state index in [4.69, 9.17) is 5.73 Å². The Labute approximate surface area is 131 Å². The number of aliphatic hydroxyl groups excluding tert-OH is 1. The molecule has 0 aromatic heterocycles. The van der Waals surface area contributed by atoms with Gasteiger partial charge in [-0.1, -0.05) is 43.7 Å². The molecule has 0 saturated carbocycles. The average molecular weight is 306 g/mol. The number of unbranched alkanes of at least 4 members (excludes halogenated alkanes) is 1. The maximum absolute atomic E-state index is 11.9. The van der Waals surface area contributed by atoms with Gasteiger partial charge in [0.25, 0.3) is 0 Å². The summed E-state index contributed by atoms with van der Waals surface area (Å²) in [4.78, 5) is 23.4. The third kappa shape index (κ3) is 6.72. The first-order valence-corrected chi connectivity index (χ1v) is 7.83. The lowest BCUT2D eigenvalue weighted by molar-refractivity contribution is -0.134. The number of amides is 2. The second-order valence-corrected chi connectivity index (χ2v) is 5.51. The zero-order chi connectivity index (χ0) is 16.4. The Morgan fingerprint density at radius 2 is 1.95 bits per heavy atom. The van der Waals surface area contributed by atoms with Crippen molar-refractivity contribution in [2.24, 2.45) is 11.7 Å². The van der Waals surface area contributed by atoms with Gasteiger partial charge in [-0.15, -0.1) is 0 Å². The van der Waals surface area contributed by atoms with Gasteiger partial charge in [0.05, 0.1) is 6.10 Å². The van der Waals surface area contributed by atoms with Crippen molar-refractivity contribution in [1.29, 1.82) is 0 Å². The van der Waals surface area contributed by atoms with Gasteiger partial charge in [-0.05, 0) is 31.2 Å². The maximum Gasteiger partial charge on any atom is 0.232 e. The number of aliphatic hydroxyl groups is 1. The van der Waals surface area contributed by atoms with Crippen LogP contribution in [0.5, 0.6) is 0 Å². The molecule has 0 aliphatic rings. The minimum atomic E-state index is -0.970. The predicted molar refractivity (Wildman–Crippen MR) is 86.0 cm³/mol. The Morgan fingerprint density at radius 1 is 1.27 bits per heavy atom. The molecule has 0 aliphatic heterocycles. The minimum Gasteiger partial charge on any atom is -0.393 e. The van der Waals surface area contributed by atoms with Crippen molar-refractivity contribution in [3.05, 3.63) is 35.9 Å². The molecule has 2 atom stereocenters. The Balaban J connectivity index is 2.44. The number of hydrogen-bond acceptors (Lipinski definition) is 3. The first-order chi connectivity index (χ1) is 10.5. The van der Waals surface area contributed by atoms with Crippen LogP contribution in [0.4, 0.5) is 0 Å². The van der Waals surface area contributed by atoms with Crippen LogP contribution < -0.4 is 11.1 Å². The minimum absolute atomic E-state index is 0.0696. The number of carbonyl (C=O) groups is 2. The van der Waals surface area contributed by atoms with Crippen LogP contribution >= 0.6 is 0 Å². The highest BCUT2D eigenvalue weighted by Gasteiger charge is 2.26. The van der Waals surface area contributed by atoms with Gasteiger partial charge in [0.1, 0.15) is 5.92 Å². The number of nitrogens with one attached hydrogen (secondary N) is 1. The van der Waals surface area contributed by atoms with E-state index in [0.29, 0.717) is 19.4 Å². The van der Waals surface area contributed by atoms with Crippen LogP contribution in [0.25, 0.3) is 0 Å². The summed E-state index contributed by atoms with van der Waals surface area (Å²) in [7, 11) is 0. The van der Waals surface area contributed by atoms with Crippen LogP contribution in [0.3, 0.4) is 0 Å². The van der Waals surface area contributed by atoms with Crippen molar-refractivity contribution in [3.8, 4) is 0 Å². The monoisotopic (exact) mass is 306 g/mol. The molecule has 0 aliphatic carbocycles. The van der Waals surface area contributed by atoms with Crippen molar-refractivity contribution in [3.63, 3.8) is 0 Å². The summed E-state index contributed by atoms with van der Waals surface area (Å²) < 4.78 is 0. The quantitative estimate of drug-likeness (QED) is 0.450. The Kier molecular flexibility index (Phi) is 8.22. The maximum atomic E-state index is 11.9. The first-order valence-electron chi connectivity index (χ1n) is 7.83. The molecule has 0 bridgehead atoms. The van der Waals surface area contributed by atoms with Gasteiger partial charge >= 0.3 is 0 Å². The fourth-order valence-electron chi connectivity index (χ4n) is 2.23. The first kappa shape index (κ1) is 18.2. The van der Waals surface area contributed by atoms with E-state index < -0.39 is 17.9 Å². The van der Waals surface area contributed by atoms with Gasteiger partial charge in [-0.2, -0.15) is 0 Å². The molecule has 4 N–H and O–H groups in total. The van der Waals surface area contributed by atoms with Crippen LogP contribution in [0.2, 0.25) is 0 Å². The van der Waals surface area contributed by atoms with Gasteiger partial charge in [0.15, 0.2) is 0 Å². The van der Waals surface area contributed by atoms with Gasteiger partial charge < -0.3 is 16.2 Å². The number of nitrogens with two attached hydrogens (primary N) is 1. The lowest BCUT2D eigenvalue weighted by Gasteiger charge is -2.17. The summed E-state index contributed by atoms with van der Waals surface area (Å²) in [5.74, 6) is -2.05. The molecule has 1 aromatic rings. The number of primary amides is 1. The van der Waals surface area contributed by atoms with E-state index in [1.807, 2.05) is 37.3 Å². The van der Waals surface area contributed by atoms with E-state index in [0.717, 1.165) is 18.4 Å². The molecule has 0 spiro atoms. The average Bonchev–Trinajstić information content (AvgIpc) is 2.51. The van der Waals surface area contributed by atoms with Crippen molar-refractivity contribution in [2.75, 3.05) is 6.54 Å². The predicted octanol–water partition coefficient (Wildman–Crippen LogP) is 1.39. The Bertz CT molecular complexity index is 462. The second kappa shape index (κ2) is 9.95. The number of aryl methyl sites for hydroxylation is 1. The summed E-state index contributed by atoms with van der Waals surface area (Å²) in [6, 6.07) is 9.78. The molecule has 0 radical (unpaired) electrons. The van der Waals surface area contributed by atoms with E-state index in [-0.39, 0.29) is 12.3 Å². The summed E-state index contributed by atoms with van der Waals surface area (Å²) in [6.07, 6.45) is 2.35. The van der Waals surface area contributed by atoms with Gasteiger partial charge in [-0.25, -0.2) is 0 Å². The number of benzene rings is 1. The number of carbonyl (C=O) groups excluding carboxylic acids is 2. The van der Waals surface area contributed by atoms with E-state index in [9.17, 15) is 14.7 Å². The number of rotatable bonds is 10. The highest BCUT2D eigenvalue weighted by atomic mass is 16.3. The van der Waals surface area contributed by atoms with E-state index in [2.05, 4.69) is 5.32 Å². The third-order valence-corrected chi connectivity index (χ3v) is 3.61. The zero-order valence-electron chi connectivity index (χ0n) is 13.1. The topological polar surface area (TPSA) is 92.4 Å². The zero-order valence-corrected chi connectivity index (χ0v) is 13.1. The molecule has 0 saturated heterocycles. The summed E-state index contributed by atoms with van der Waals surface area (Å²) >= 11 is 0. The van der Waals surface area contributed by atoms with Gasteiger partial charge in [-0.3, -0.25) is 9.59 Å². The van der Waals surface area contributed by atoms with Crippen LogP contribution in [-0.2, 0) is 16.0 Å². The summed E-state index contributed by atoms with van der Waals surface area (Å²) in [5, 5.41) is 12.8. The van der Waals surface area contributed by atoms with E-state index in [1.54, 1.807) is 0 Å². The Morgan fingerprint density at radius 3 is 2.55 bits per heavy atom. The fraction of sp³-hybridized carbons (Fsp3) is 0.529. The van der Waals surface area contributed by atoms with E-state index in [1.165, 1.54) is 0 Å². The normalized spacial score (nSPS) is 13.4. The standard InChI is InChI=1S/C17H26N2O3/c1-2-3-11-19-17(22)15(16(18)21)12-14(20)10-9-13-7-5-4-6-8-13/h4-8,14-15,20H,2-3,9-12H2,1H3,(H2,18,21)(H,19,22)/t14-,15+/m0/s1. The molecule has 2 amide bonds. The smallest absolute Gasteiger partial charge is 0.232 e. The molecule has 1 aromatic carbocycles.